The van der Waals surface area contributed by atoms with Crippen LogP contribution in [0.3, 0.4) is 0 Å². The minimum Gasteiger partial charge on any atom is -1.00 e. The second kappa shape index (κ2) is 4.73. The zero-order chi connectivity index (χ0) is 10.1. The maximum absolute atomic E-state index is 5.64. The summed E-state index contributed by atoms with van der Waals surface area (Å²) in [6.45, 7) is 2.54. The van der Waals surface area contributed by atoms with Crippen molar-refractivity contribution < 1.29 is 21.9 Å². The molecule has 0 fully saturated rings. The van der Waals surface area contributed by atoms with Crippen LogP contribution in [-0.2, 0) is 13.0 Å². The summed E-state index contributed by atoms with van der Waals surface area (Å²) in [5.41, 5.74) is 7.83. The Morgan fingerprint density at radius 1 is 1.53 bits per heavy atom. The molecule has 1 atom stereocenters. The first-order chi connectivity index (χ1) is 6.74. The molecule has 1 aromatic carbocycles. The first-order valence-electron chi connectivity index (χ1n) is 4.81. The van der Waals surface area contributed by atoms with E-state index in [1.54, 1.807) is 7.11 Å². The SMILES string of the molecule is COc1cc2c(cc1CN)OC(C)C2.[Cl-]. The van der Waals surface area contributed by atoms with Gasteiger partial charge in [0.1, 0.15) is 17.6 Å². The van der Waals surface area contributed by atoms with Gasteiger partial charge in [0.05, 0.1) is 7.11 Å². The Kier molecular flexibility index (Phi) is 3.83. The van der Waals surface area contributed by atoms with Crippen molar-refractivity contribution in [2.24, 2.45) is 5.73 Å². The number of halogens is 1. The molecule has 1 aliphatic heterocycles. The maximum atomic E-state index is 5.64. The molecule has 4 heteroatoms. The van der Waals surface area contributed by atoms with E-state index in [1.165, 1.54) is 5.56 Å². The molecular formula is C11H15ClNO2-. The number of ether oxygens (including phenoxy) is 2. The van der Waals surface area contributed by atoms with Crippen LogP contribution in [0.25, 0.3) is 0 Å². The van der Waals surface area contributed by atoms with E-state index in [-0.39, 0.29) is 18.5 Å². The molecule has 1 heterocycles. The van der Waals surface area contributed by atoms with Crippen molar-refractivity contribution in [2.75, 3.05) is 7.11 Å². The first-order valence-corrected chi connectivity index (χ1v) is 4.81. The van der Waals surface area contributed by atoms with E-state index in [0.29, 0.717) is 6.54 Å². The third-order valence-corrected chi connectivity index (χ3v) is 2.52. The van der Waals surface area contributed by atoms with Gasteiger partial charge in [-0.2, -0.15) is 0 Å². The Morgan fingerprint density at radius 2 is 2.27 bits per heavy atom. The Balaban J connectivity index is 0.00000112. The molecule has 1 aromatic rings. The van der Waals surface area contributed by atoms with Gasteiger partial charge in [-0.3, -0.25) is 0 Å². The van der Waals surface area contributed by atoms with Crippen LogP contribution in [0.4, 0.5) is 0 Å². The van der Waals surface area contributed by atoms with E-state index in [0.717, 1.165) is 23.5 Å². The van der Waals surface area contributed by atoms with Crippen LogP contribution in [-0.4, -0.2) is 13.2 Å². The van der Waals surface area contributed by atoms with Crippen LogP contribution in [0.2, 0.25) is 0 Å². The van der Waals surface area contributed by atoms with Crippen molar-refractivity contribution in [3.8, 4) is 11.5 Å². The van der Waals surface area contributed by atoms with Crippen LogP contribution in [0, 0.1) is 0 Å². The van der Waals surface area contributed by atoms with Crippen LogP contribution in [0.15, 0.2) is 12.1 Å². The van der Waals surface area contributed by atoms with Crippen molar-refractivity contribution >= 4 is 0 Å². The second-order valence-corrected chi connectivity index (χ2v) is 3.61. The highest BCUT2D eigenvalue weighted by molar-refractivity contribution is 5.48. The summed E-state index contributed by atoms with van der Waals surface area (Å²) < 4.78 is 10.9. The standard InChI is InChI=1S/C11H15NO2.ClH/c1-7-3-8-4-10(13-2)9(6-12)5-11(8)14-7;/h4-5,7H,3,6,12H2,1-2H3;1H/p-1. The number of fused-ring (bicyclic) bond motifs is 1. The van der Waals surface area contributed by atoms with E-state index in [4.69, 9.17) is 15.2 Å². The van der Waals surface area contributed by atoms with Crippen molar-refractivity contribution in [1.82, 2.24) is 0 Å². The largest absolute Gasteiger partial charge is 1.00 e. The predicted molar refractivity (Wildman–Crippen MR) is 54.7 cm³/mol. The van der Waals surface area contributed by atoms with E-state index in [2.05, 4.69) is 6.92 Å². The fraction of sp³-hybridized carbons (Fsp3) is 0.455. The molecule has 0 bridgehead atoms. The number of methoxy groups -OCH3 is 1. The number of hydrogen-bond donors (Lipinski definition) is 1. The molecule has 0 saturated carbocycles. The first kappa shape index (κ1) is 12.1. The highest BCUT2D eigenvalue weighted by Crippen LogP contribution is 2.34. The average molecular weight is 229 g/mol. The summed E-state index contributed by atoms with van der Waals surface area (Å²) in [6, 6.07) is 4.01. The number of rotatable bonds is 2. The summed E-state index contributed by atoms with van der Waals surface area (Å²) in [5, 5.41) is 0. The van der Waals surface area contributed by atoms with E-state index in [9.17, 15) is 0 Å². The topological polar surface area (TPSA) is 44.5 Å². The lowest BCUT2D eigenvalue weighted by molar-refractivity contribution is -0.00000433. The van der Waals surface area contributed by atoms with Crippen LogP contribution in [0.1, 0.15) is 18.1 Å². The molecule has 2 N–H and O–H groups in total. The van der Waals surface area contributed by atoms with Crippen LogP contribution in [0.5, 0.6) is 11.5 Å². The zero-order valence-electron chi connectivity index (χ0n) is 8.92. The van der Waals surface area contributed by atoms with Crippen LogP contribution < -0.4 is 27.6 Å². The van der Waals surface area contributed by atoms with Gasteiger partial charge in [-0.25, -0.2) is 0 Å². The summed E-state index contributed by atoms with van der Waals surface area (Å²) in [4.78, 5) is 0. The molecule has 15 heavy (non-hydrogen) atoms. The third-order valence-electron chi connectivity index (χ3n) is 2.52. The van der Waals surface area contributed by atoms with Crippen molar-refractivity contribution in [2.45, 2.75) is 26.0 Å². The Labute approximate surface area is 96.0 Å². The summed E-state index contributed by atoms with van der Waals surface area (Å²) in [6.07, 6.45) is 1.22. The molecule has 84 valence electrons. The number of benzene rings is 1. The fourth-order valence-corrected chi connectivity index (χ4v) is 1.83. The summed E-state index contributed by atoms with van der Waals surface area (Å²) in [5.74, 6) is 1.82. The Hall–Kier alpha value is -0.930. The third kappa shape index (κ3) is 2.19. The predicted octanol–water partition coefficient (Wildman–Crippen LogP) is -1.52. The van der Waals surface area contributed by atoms with Gasteiger partial charge in [0.15, 0.2) is 0 Å². The van der Waals surface area contributed by atoms with Gasteiger partial charge in [0, 0.05) is 24.1 Å². The summed E-state index contributed by atoms with van der Waals surface area (Å²) in [7, 11) is 1.67. The fourth-order valence-electron chi connectivity index (χ4n) is 1.83. The molecule has 0 aromatic heterocycles. The smallest absolute Gasteiger partial charge is 0.123 e. The lowest BCUT2D eigenvalue weighted by Gasteiger charge is -2.08. The van der Waals surface area contributed by atoms with Gasteiger partial charge >= 0.3 is 0 Å². The van der Waals surface area contributed by atoms with Crippen LogP contribution >= 0.6 is 0 Å². The number of hydrogen-bond acceptors (Lipinski definition) is 3. The molecule has 2 rings (SSSR count). The normalized spacial score (nSPS) is 17.7. The molecule has 1 unspecified atom stereocenters. The lowest BCUT2D eigenvalue weighted by Crippen LogP contribution is -3.00. The van der Waals surface area contributed by atoms with Crippen molar-refractivity contribution in [3.05, 3.63) is 23.3 Å². The van der Waals surface area contributed by atoms with Crippen molar-refractivity contribution in [3.63, 3.8) is 0 Å². The zero-order valence-corrected chi connectivity index (χ0v) is 9.67. The molecule has 3 nitrogen and oxygen atoms in total. The molecule has 0 radical (unpaired) electrons. The van der Waals surface area contributed by atoms with Gasteiger partial charge in [-0.1, -0.05) is 0 Å². The van der Waals surface area contributed by atoms with Gasteiger partial charge in [0.25, 0.3) is 0 Å². The van der Waals surface area contributed by atoms with E-state index >= 15 is 0 Å². The molecule has 1 aliphatic rings. The van der Waals surface area contributed by atoms with Gasteiger partial charge < -0.3 is 27.6 Å². The molecular weight excluding hydrogens is 214 g/mol. The lowest BCUT2D eigenvalue weighted by atomic mass is 10.1. The Morgan fingerprint density at radius 3 is 2.87 bits per heavy atom. The average Bonchev–Trinajstić information content (AvgIpc) is 2.54. The van der Waals surface area contributed by atoms with E-state index < -0.39 is 0 Å². The molecule has 0 saturated heterocycles. The van der Waals surface area contributed by atoms with Gasteiger partial charge in [0.2, 0.25) is 0 Å². The van der Waals surface area contributed by atoms with Gasteiger partial charge in [-0.05, 0) is 19.1 Å². The van der Waals surface area contributed by atoms with Gasteiger partial charge in [-0.15, -0.1) is 0 Å². The quantitative estimate of drug-likeness (QED) is 0.669. The van der Waals surface area contributed by atoms with E-state index in [1.807, 2.05) is 12.1 Å². The molecule has 0 spiro atoms. The van der Waals surface area contributed by atoms with Crippen molar-refractivity contribution in [1.29, 1.82) is 0 Å². The monoisotopic (exact) mass is 228 g/mol. The highest BCUT2D eigenvalue weighted by atomic mass is 35.5. The minimum atomic E-state index is 0. The summed E-state index contributed by atoms with van der Waals surface area (Å²) >= 11 is 0. The Bertz CT molecular complexity index is 322. The molecule has 0 amide bonds. The molecule has 0 aliphatic carbocycles. The number of nitrogens with two attached hydrogens (primary N) is 1. The minimum absolute atomic E-state index is 0. The second-order valence-electron chi connectivity index (χ2n) is 3.61. The maximum Gasteiger partial charge on any atom is 0.123 e. The highest BCUT2D eigenvalue weighted by Gasteiger charge is 2.21.